The molecular formula is C7H7Cl4N. The van der Waals surface area contributed by atoms with E-state index in [0.29, 0.717) is 16.8 Å². The zero-order chi connectivity index (χ0) is 8.27. The lowest BCUT2D eigenvalue weighted by atomic mass is 10.2. The number of hydrogen-bond acceptors (Lipinski definition) is 1. The quantitative estimate of drug-likeness (QED) is 0.727. The summed E-state index contributed by atoms with van der Waals surface area (Å²) in [6.45, 7) is 0. The van der Waals surface area contributed by atoms with Crippen LogP contribution in [0.4, 0.5) is 0 Å². The van der Waals surface area contributed by atoms with E-state index in [1.807, 2.05) is 0 Å². The molecule has 1 heterocycles. The summed E-state index contributed by atoms with van der Waals surface area (Å²) in [5.41, 5.74) is 1.58. The first-order valence-electron chi connectivity index (χ1n) is 3.03. The Morgan fingerprint density at radius 1 is 1.25 bits per heavy atom. The van der Waals surface area contributed by atoms with E-state index in [1.54, 1.807) is 12.3 Å². The SMILES string of the molecule is Cl.ClCc1nccc(Cl)c1CCl. The molecule has 0 amide bonds. The van der Waals surface area contributed by atoms with Gasteiger partial charge in [-0.3, -0.25) is 4.98 Å². The molecule has 0 aliphatic rings. The van der Waals surface area contributed by atoms with Crippen molar-refractivity contribution in [2.45, 2.75) is 11.8 Å². The summed E-state index contributed by atoms with van der Waals surface area (Å²) in [7, 11) is 0. The monoisotopic (exact) mass is 245 g/mol. The number of hydrogen-bond donors (Lipinski definition) is 0. The van der Waals surface area contributed by atoms with E-state index in [9.17, 15) is 0 Å². The van der Waals surface area contributed by atoms with Gasteiger partial charge in [-0.25, -0.2) is 0 Å². The van der Waals surface area contributed by atoms with Crippen molar-refractivity contribution in [3.8, 4) is 0 Å². The van der Waals surface area contributed by atoms with Crippen LogP contribution in [0.25, 0.3) is 0 Å². The predicted octanol–water partition coefficient (Wildman–Crippen LogP) is 3.63. The summed E-state index contributed by atoms with van der Waals surface area (Å²) in [5.74, 6) is 0.706. The second-order valence-electron chi connectivity index (χ2n) is 1.99. The smallest absolute Gasteiger partial charge is 0.0651 e. The van der Waals surface area contributed by atoms with E-state index in [2.05, 4.69) is 4.98 Å². The molecule has 5 heteroatoms. The summed E-state index contributed by atoms with van der Waals surface area (Å²) in [6, 6.07) is 1.70. The molecule has 1 aromatic heterocycles. The molecule has 68 valence electrons. The Hall–Kier alpha value is 0.310. The average Bonchev–Trinajstić information content (AvgIpc) is 2.04. The van der Waals surface area contributed by atoms with Crippen LogP contribution < -0.4 is 0 Å². The first kappa shape index (κ1) is 12.3. The molecule has 1 aromatic rings. The maximum atomic E-state index is 5.83. The Morgan fingerprint density at radius 3 is 2.33 bits per heavy atom. The fourth-order valence-electron chi connectivity index (χ4n) is 0.765. The highest BCUT2D eigenvalue weighted by atomic mass is 35.5. The summed E-state index contributed by atoms with van der Waals surface area (Å²) >= 11 is 17.1. The molecule has 0 spiro atoms. The Morgan fingerprint density at radius 2 is 1.92 bits per heavy atom. The molecule has 12 heavy (non-hydrogen) atoms. The summed E-state index contributed by atoms with van der Waals surface area (Å²) in [6.07, 6.45) is 1.62. The maximum absolute atomic E-state index is 5.83. The van der Waals surface area contributed by atoms with Crippen molar-refractivity contribution in [2.24, 2.45) is 0 Å². The molecule has 0 fully saturated rings. The van der Waals surface area contributed by atoms with Gasteiger partial charge in [0.05, 0.1) is 17.5 Å². The highest BCUT2D eigenvalue weighted by molar-refractivity contribution is 6.32. The van der Waals surface area contributed by atoms with E-state index < -0.39 is 0 Å². The van der Waals surface area contributed by atoms with Crippen LogP contribution in [-0.4, -0.2) is 4.98 Å². The predicted molar refractivity (Wildman–Crippen MR) is 55.6 cm³/mol. The van der Waals surface area contributed by atoms with Crippen LogP contribution in [0.1, 0.15) is 11.3 Å². The lowest BCUT2D eigenvalue weighted by Crippen LogP contribution is -1.92. The second-order valence-corrected chi connectivity index (χ2v) is 2.93. The van der Waals surface area contributed by atoms with Crippen LogP contribution >= 0.6 is 47.2 Å². The zero-order valence-corrected chi connectivity index (χ0v) is 9.14. The summed E-state index contributed by atoms with van der Waals surface area (Å²) in [5, 5.41) is 0.630. The number of aromatic nitrogens is 1. The lowest BCUT2D eigenvalue weighted by Gasteiger charge is -2.03. The van der Waals surface area contributed by atoms with Gasteiger partial charge in [-0.15, -0.1) is 35.6 Å². The van der Waals surface area contributed by atoms with Gasteiger partial charge in [-0.05, 0) is 6.07 Å². The van der Waals surface area contributed by atoms with Crippen LogP contribution in [0.5, 0.6) is 0 Å². The van der Waals surface area contributed by atoms with E-state index in [1.165, 1.54) is 0 Å². The number of alkyl halides is 2. The van der Waals surface area contributed by atoms with Gasteiger partial charge in [-0.2, -0.15) is 0 Å². The molecule has 0 saturated heterocycles. The second kappa shape index (κ2) is 5.87. The van der Waals surface area contributed by atoms with Crippen LogP contribution in [0, 0.1) is 0 Å². The van der Waals surface area contributed by atoms with Crippen molar-refractivity contribution in [3.63, 3.8) is 0 Å². The van der Waals surface area contributed by atoms with Crippen LogP contribution in [0.2, 0.25) is 5.02 Å². The number of pyridine rings is 1. The van der Waals surface area contributed by atoms with Gasteiger partial charge in [0.25, 0.3) is 0 Å². The van der Waals surface area contributed by atoms with Crippen LogP contribution in [0.15, 0.2) is 12.3 Å². The number of rotatable bonds is 2. The van der Waals surface area contributed by atoms with E-state index in [0.717, 1.165) is 11.3 Å². The van der Waals surface area contributed by atoms with Crippen molar-refractivity contribution in [1.82, 2.24) is 4.98 Å². The Balaban J connectivity index is 0.00000121. The maximum Gasteiger partial charge on any atom is 0.0651 e. The topological polar surface area (TPSA) is 12.9 Å². The minimum Gasteiger partial charge on any atom is -0.260 e. The van der Waals surface area contributed by atoms with Crippen LogP contribution in [-0.2, 0) is 11.8 Å². The van der Waals surface area contributed by atoms with Gasteiger partial charge in [0.2, 0.25) is 0 Å². The zero-order valence-electron chi connectivity index (χ0n) is 6.06. The van der Waals surface area contributed by atoms with Gasteiger partial charge in [-0.1, -0.05) is 11.6 Å². The highest BCUT2D eigenvalue weighted by Crippen LogP contribution is 2.20. The molecule has 0 aromatic carbocycles. The molecule has 0 unspecified atom stereocenters. The molecule has 0 bridgehead atoms. The van der Waals surface area contributed by atoms with Gasteiger partial charge in [0, 0.05) is 16.8 Å². The van der Waals surface area contributed by atoms with E-state index in [4.69, 9.17) is 34.8 Å². The molecule has 1 rings (SSSR count). The normalized spacial score (nSPS) is 9.25. The van der Waals surface area contributed by atoms with E-state index in [-0.39, 0.29) is 12.4 Å². The molecule has 0 radical (unpaired) electrons. The third kappa shape index (κ3) is 2.67. The van der Waals surface area contributed by atoms with Crippen molar-refractivity contribution >= 4 is 47.2 Å². The van der Waals surface area contributed by atoms with Crippen molar-refractivity contribution < 1.29 is 0 Å². The summed E-state index contributed by atoms with van der Waals surface area (Å²) in [4.78, 5) is 4.03. The van der Waals surface area contributed by atoms with Crippen LogP contribution in [0.3, 0.4) is 0 Å². The first-order valence-corrected chi connectivity index (χ1v) is 4.48. The summed E-state index contributed by atoms with van der Waals surface area (Å²) < 4.78 is 0. The average molecular weight is 247 g/mol. The lowest BCUT2D eigenvalue weighted by molar-refractivity contribution is 1.11. The number of halogens is 4. The fourth-order valence-corrected chi connectivity index (χ4v) is 1.59. The molecule has 0 N–H and O–H groups in total. The van der Waals surface area contributed by atoms with Gasteiger partial charge in [0.15, 0.2) is 0 Å². The molecular weight excluding hydrogens is 240 g/mol. The third-order valence-corrected chi connectivity index (χ3v) is 2.22. The molecule has 1 nitrogen and oxygen atoms in total. The minimum atomic E-state index is 0. The number of nitrogens with zero attached hydrogens (tertiary/aromatic N) is 1. The molecule has 0 aliphatic carbocycles. The van der Waals surface area contributed by atoms with Crippen molar-refractivity contribution in [3.05, 3.63) is 28.5 Å². The molecule has 0 atom stereocenters. The van der Waals surface area contributed by atoms with Gasteiger partial charge < -0.3 is 0 Å². The Labute approximate surface area is 92.4 Å². The molecule has 0 aliphatic heterocycles. The highest BCUT2D eigenvalue weighted by Gasteiger charge is 2.04. The minimum absolute atomic E-state index is 0. The Kier molecular flexibility index (Phi) is 6.02. The largest absolute Gasteiger partial charge is 0.260 e. The standard InChI is InChI=1S/C7H6Cl3N.ClH/c8-3-5-6(10)1-2-11-7(5)4-9;/h1-2H,3-4H2;1H. The first-order chi connectivity index (χ1) is 5.29. The Bertz CT molecular complexity index is 251. The molecule has 0 saturated carbocycles. The third-order valence-electron chi connectivity index (χ3n) is 1.35. The van der Waals surface area contributed by atoms with Gasteiger partial charge >= 0.3 is 0 Å². The van der Waals surface area contributed by atoms with Crippen molar-refractivity contribution in [2.75, 3.05) is 0 Å². The van der Waals surface area contributed by atoms with E-state index >= 15 is 0 Å². The fraction of sp³-hybridized carbons (Fsp3) is 0.286. The van der Waals surface area contributed by atoms with Gasteiger partial charge in [0.1, 0.15) is 0 Å². The van der Waals surface area contributed by atoms with Crippen molar-refractivity contribution in [1.29, 1.82) is 0 Å².